The Morgan fingerprint density at radius 2 is 2.08 bits per heavy atom. The molecule has 2 rings (SSSR count). The van der Waals surface area contributed by atoms with E-state index >= 15 is 0 Å². The minimum atomic E-state index is 0. The van der Waals surface area contributed by atoms with Crippen LogP contribution in [0.2, 0.25) is 0 Å². The Bertz CT molecular complexity index is 552. The largest absolute Gasteiger partial charge is 0.496 e. The second kappa shape index (κ2) is 12.4. The van der Waals surface area contributed by atoms with Crippen LogP contribution in [0.5, 0.6) is 5.75 Å². The Hall–Kier alpha value is -1.02. The molecule has 0 aromatic heterocycles. The van der Waals surface area contributed by atoms with Gasteiger partial charge in [0.25, 0.3) is 0 Å². The van der Waals surface area contributed by atoms with Crippen molar-refractivity contribution < 1.29 is 4.74 Å². The van der Waals surface area contributed by atoms with Crippen LogP contribution in [0.15, 0.2) is 29.3 Å². The van der Waals surface area contributed by atoms with Crippen molar-refractivity contribution >= 4 is 29.9 Å². The minimum Gasteiger partial charge on any atom is -0.496 e. The molecule has 1 saturated heterocycles. The molecule has 2 unspecified atom stereocenters. The SMILES string of the molecule is CN=C(NCCc1ccccc1OC)NCC(C)N1CCCCC1C.I. The van der Waals surface area contributed by atoms with E-state index in [9.17, 15) is 0 Å². The van der Waals surface area contributed by atoms with E-state index in [4.69, 9.17) is 4.74 Å². The van der Waals surface area contributed by atoms with Crippen molar-refractivity contribution in [3.05, 3.63) is 29.8 Å². The third-order valence-corrected chi connectivity index (χ3v) is 5.09. The number of nitrogens with zero attached hydrogens (tertiary/aromatic N) is 2. The molecule has 0 amide bonds. The highest BCUT2D eigenvalue weighted by molar-refractivity contribution is 14.0. The van der Waals surface area contributed by atoms with Gasteiger partial charge in [-0.1, -0.05) is 24.6 Å². The summed E-state index contributed by atoms with van der Waals surface area (Å²) in [4.78, 5) is 6.95. The molecular weight excluding hydrogens is 439 g/mol. The first-order chi connectivity index (χ1) is 12.2. The molecule has 148 valence electrons. The predicted molar refractivity (Wildman–Crippen MR) is 121 cm³/mol. The van der Waals surface area contributed by atoms with Crippen LogP contribution in [-0.2, 0) is 6.42 Å². The Balaban J connectivity index is 0.00000338. The highest BCUT2D eigenvalue weighted by Gasteiger charge is 2.22. The highest BCUT2D eigenvalue weighted by atomic mass is 127. The fourth-order valence-corrected chi connectivity index (χ4v) is 3.58. The summed E-state index contributed by atoms with van der Waals surface area (Å²) in [6.45, 7) is 7.60. The van der Waals surface area contributed by atoms with Crippen LogP contribution in [0.25, 0.3) is 0 Å². The van der Waals surface area contributed by atoms with E-state index in [1.807, 2.05) is 25.2 Å². The molecule has 6 heteroatoms. The number of piperidine rings is 1. The van der Waals surface area contributed by atoms with E-state index in [0.717, 1.165) is 31.2 Å². The standard InChI is InChI=1S/C20H34N4O.HI/c1-16-9-7-8-14-24(16)17(2)15-23-20(21-3)22-13-12-18-10-5-6-11-19(18)25-4;/h5-6,10-11,16-17H,7-9,12-15H2,1-4H3,(H2,21,22,23);1H. The number of aliphatic imine (C=N–C) groups is 1. The maximum atomic E-state index is 5.41. The van der Waals surface area contributed by atoms with Gasteiger partial charge in [-0.25, -0.2) is 0 Å². The van der Waals surface area contributed by atoms with E-state index in [2.05, 4.69) is 40.4 Å². The van der Waals surface area contributed by atoms with Crippen molar-refractivity contribution in [2.24, 2.45) is 4.99 Å². The zero-order valence-corrected chi connectivity index (χ0v) is 19.0. The van der Waals surface area contributed by atoms with Crippen LogP contribution >= 0.6 is 24.0 Å². The van der Waals surface area contributed by atoms with Gasteiger partial charge in [0.1, 0.15) is 5.75 Å². The van der Waals surface area contributed by atoms with Gasteiger partial charge >= 0.3 is 0 Å². The van der Waals surface area contributed by atoms with E-state index in [1.54, 1.807) is 7.11 Å². The van der Waals surface area contributed by atoms with Gasteiger partial charge in [-0.05, 0) is 51.3 Å². The van der Waals surface area contributed by atoms with Crippen molar-refractivity contribution in [3.8, 4) is 5.75 Å². The van der Waals surface area contributed by atoms with Gasteiger partial charge in [-0.3, -0.25) is 9.89 Å². The molecule has 1 aromatic rings. The summed E-state index contributed by atoms with van der Waals surface area (Å²) in [5.74, 6) is 1.81. The lowest BCUT2D eigenvalue weighted by atomic mass is 10.0. The Labute approximate surface area is 176 Å². The molecule has 2 N–H and O–H groups in total. The van der Waals surface area contributed by atoms with Crippen LogP contribution in [0.1, 0.15) is 38.7 Å². The summed E-state index contributed by atoms with van der Waals surface area (Å²) in [5, 5.41) is 6.87. The lowest BCUT2D eigenvalue weighted by Gasteiger charge is -2.38. The second-order valence-corrected chi connectivity index (χ2v) is 6.87. The van der Waals surface area contributed by atoms with Crippen LogP contribution in [-0.4, -0.2) is 56.7 Å². The molecule has 1 aromatic carbocycles. The van der Waals surface area contributed by atoms with Crippen molar-refractivity contribution in [1.29, 1.82) is 0 Å². The molecule has 26 heavy (non-hydrogen) atoms. The van der Waals surface area contributed by atoms with Gasteiger partial charge in [-0.2, -0.15) is 0 Å². The third-order valence-electron chi connectivity index (χ3n) is 5.09. The predicted octanol–water partition coefficient (Wildman–Crippen LogP) is 3.28. The van der Waals surface area contributed by atoms with E-state index in [-0.39, 0.29) is 24.0 Å². The van der Waals surface area contributed by atoms with Crippen molar-refractivity contribution in [3.63, 3.8) is 0 Å². The van der Waals surface area contributed by atoms with Gasteiger partial charge in [0.2, 0.25) is 0 Å². The number of likely N-dealkylation sites (tertiary alicyclic amines) is 1. The first-order valence-electron chi connectivity index (χ1n) is 9.48. The molecule has 1 fully saturated rings. The normalized spacial score (nSPS) is 19.4. The number of methoxy groups -OCH3 is 1. The fourth-order valence-electron chi connectivity index (χ4n) is 3.58. The number of nitrogens with one attached hydrogen (secondary N) is 2. The molecule has 0 radical (unpaired) electrons. The molecule has 5 nitrogen and oxygen atoms in total. The Morgan fingerprint density at radius 3 is 2.77 bits per heavy atom. The summed E-state index contributed by atoms with van der Waals surface area (Å²) >= 11 is 0. The summed E-state index contributed by atoms with van der Waals surface area (Å²) in [6.07, 6.45) is 4.91. The Kier molecular flexibility index (Phi) is 11.0. The molecule has 0 spiro atoms. The summed E-state index contributed by atoms with van der Waals surface area (Å²) in [6, 6.07) is 9.36. The molecule has 0 saturated carbocycles. The summed E-state index contributed by atoms with van der Waals surface area (Å²) in [7, 11) is 3.54. The lowest BCUT2D eigenvalue weighted by Crippen LogP contribution is -2.50. The van der Waals surface area contributed by atoms with Crippen molar-refractivity contribution in [1.82, 2.24) is 15.5 Å². The maximum Gasteiger partial charge on any atom is 0.191 e. The van der Waals surface area contributed by atoms with Crippen molar-refractivity contribution in [2.45, 2.75) is 51.6 Å². The molecule has 0 aliphatic carbocycles. The van der Waals surface area contributed by atoms with Gasteiger partial charge in [0.15, 0.2) is 5.96 Å². The molecule has 2 atom stereocenters. The van der Waals surface area contributed by atoms with Crippen LogP contribution < -0.4 is 15.4 Å². The quantitative estimate of drug-likeness (QED) is 0.362. The van der Waals surface area contributed by atoms with Gasteiger partial charge in [0.05, 0.1) is 7.11 Å². The molecule has 1 heterocycles. The number of hydrogen-bond acceptors (Lipinski definition) is 3. The summed E-state index contributed by atoms with van der Waals surface area (Å²) < 4.78 is 5.41. The summed E-state index contributed by atoms with van der Waals surface area (Å²) in [5.41, 5.74) is 1.21. The zero-order valence-electron chi connectivity index (χ0n) is 16.6. The van der Waals surface area contributed by atoms with E-state index in [1.165, 1.54) is 31.4 Å². The number of para-hydroxylation sites is 1. The fraction of sp³-hybridized carbons (Fsp3) is 0.650. The number of rotatable bonds is 7. The highest BCUT2D eigenvalue weighted by Crippen LogP contribution is 2.19. The third kappa shape index (κ3) is 6.95. The van der Waals surface area contributed by atoms with Crippen LogP contribution in [0, 0.1) is 0 Å². The zero-order chi connectivity index (χ0) is 18.1. The molecule has 0 bridgehead atoms. The van der Waals surface area contributed by atoms with Gasteiger partial charge < -0.3 is 15.4 Å². The van der Waals surface area contributed by atoms with Crippen LogP contribution in [0.4, 0.5) is 0 Å². The van der Waals surface area contributed by atoms with E-state index < -0.39 is 0 Å². The molecule has 1 aliphatic rings. The number of hydrogen-bond donors (Lipinski definition) is 2. The minimum absolute atomic E-state index is 0. The van der Waals surface area contributed by atoms with Gasteiger partial charge in [-0.15, -0.1) is 24.0 Å². The monoisotopic (exact) mass is 474 g/mol. The number of benzene rings is 1. The first kappa shape index (κ1) is 23.0. The second-order valence-electron chi connectivity index (χ2n) is 6.87. The molecular formula is C20H35IN4O. The first-order valence-corrected chi connectivity index (χ1v) is 9.48. The topological polar surface area (TPSA) is 48.9 Å². The van der Waals surface area contributed by atoms with Gasteiger partial charge in [0, 0.05) is 32.2 Å². The number of ether oxygens (including phenoxy) is 1. The van der Waals surface area contributed by atoms with E-state index in [0.29, 0.717) is 12.1 Å². The smallest absolute Gasteiger partial charge is 0.191 e. The average Bonchev–Trinajstić information content (AvgIpc) is 2.65. The van der Waals surface area contributed by atoms with Crippen molar-refractivity contribution in [2.75, 3.05) is 33.8 Å². The molecule has 1 aliphatic heterocycles. The van der Waals surface area contributed by atoms with Crippen LogP contribution in [0.3, 0.4) is 0 Å². The maximum absolute atomic E-state index is 5.41. The number of guanidine groups is 1. The lowest BCUT2D eigenvalue weighted by molar-refractivity contribution is 0.115. The number of halogens is 1. The Morgan fingerprint density at radius 1 is 1.31 bits per heavy atom. The average molecular weight is 474 g/mol.